The van der Waals surface area contributed by atoms with Gasteiger partial charge in [0.25, 0.3) is 0 Å². The van der Waals surface area contributed by atoms with Crippen molar-refractivity contribution in [1.82, 2.24) is 9.97 Å². The zero-order chi connectivity index (χ0) is 19.8. The summed E-state index contributed by atoms with van der Waals surface area (Å²) in [6.07, 6.45) is 10.9. The van der Waals surface area contributed by atoms with Crippen LogP contribution in [0, 0.1) is 0 Å². The van der Waals surface area contributed by atoms with Crippen molar-refractivity contribution in [2.24, 2.45) is 0 Å². The number of hydrogen-bond acceptors (Lipinski definition) is 3. The molecule has 0 fully saturated rings. The summed E-state index contributed by atoms with van der Waals surface area (Å²) < 4.78 is 18.2. The van der Waals surface area contributed by atoms with Crippen LogP contribution in [0.5, 0.6) is 5.75 Å². The molecule has 0 spiro atoms. The molecule has 4 heteroatoms. The number of rotatable bonds is 9. The predicted molar refractivity (Wildman–Crippen MR) is 114 cm³/mol. The van der Waals surface area contributed by atoms with Crippen molar-refractivity contribution in [3.63, 3.8) is 0 Å². The number of benzene rings is 2. The van der Waals surface area contributed by atoms with Gasteiger partial charge < -0.3 is 4.74 Å². The molecule has 144 valence electrons. The molecule has 0 saturated heterocycles. The zero-order valence-corrected chi connectivity index (χ0v) is 16.1. The third-order valence-corrected chi connectivity index (χ3v) is 4.40. The number of allylic oxidation sites excluding steroid dienone is 1. The van der Waals surface area contributed by atoms with E-state index in [9.17, 15) is 4.39 Å². The Morgan fingerprint density at radius 3 is 2.61 bits per heavy atom. The van der Waals surface area contributed by atoms with Gasteiger partial charge in [0.2, 0.25) is 0 Å². The molecular formula is C24H25FN2O. The highest BCUT2D eigenvalue weighted by Gasteiger charge is 2.04. The Morgan fingerprint density at radius 1 is 1.11 bits per heavy atom. The summed E-state index contributed by atoms with van der Waals surface area (Å²) >= 11 is 0. The van der Waals surface area contributed by atoms with Crippen molar-refractivity contribution in [3.05, 3.63) is 73.1 Å². The van der Waals surface area contributed by atoms with Gasteiger partial charge in [-0.25, -0.2) is 14.4 Å². The average Bonchev–Trinajstić information content (AvgIpc) is 2.71. The molecule has 3 nitrogen and oxygen atoms in total. The fourth-order valence-corrected chi connectivity index (χ4v) is 2.94. The fourth-order valence-electron chi connectivity index (χ4n) is 2.94. The molecule has 0 aliphatic heterocycles. The first-order valence-electron chi connectivity index (χ1n) is 9.56. The predicted octanol–water partition coefficient (Wildman–Crippen LogP) is 6.40. The summed E-state index contributed by atoms with van der Waals surface area (Å²) in [4.78, 5) is 8.78. The molecule has 0 radical (unpaired) electrons. The third kappa shape index (κ3) is 5.49. The van der Waals surface area contributed by atoms with E-state index in [1.165, 1.54) is 0 Å². The number of hydrogen-bond donors (Lipinski definition) is 0. The number of nitrogens with zero attached hydrogens (tertiary/aromatic N) is 2. The fraction of sp³-hybridized carbons (Fsp3) is 0.250. The number of halogens is 1. The second kappa shape index (κ2) is 9.79. The number of unbranched alkanes of at least 4 members (excludes halogenated alkanes) is 1. The topological polar surface area (TPSA) is 35.0 Å². The van der Waals surface area contributed by atoms with Crippen LogP contribution < -0.4 is 4.74 Å². The highest BCUT2D eigenvalue weighted by atomic mass is 19.1. The Kier molecular flexibility index (Phi) is 6.90. The first-order chi connectivity index (χ1) is 13.7. The SMILES string of the molecule is C=CCOc1cnc(-c2ccc3cc(/C=C/CCCC(C)F)ccc3c2)nc1. The van der Waals surface area contributed by atoms with Gasteiger partial charge in [-0.15, -0.1) is 0 Å². The quantitative estimate of drug-likeness (QED) is 0.320. The summed E-state index contributed by atoms with van der Waals surface area (Å²) in [5, 5.41) is 2.30. The van der Waals surface area contributed by atoms with Crippen LogP contribution in [0.25, 0.3) is 28.2 Å². The molecule has 1 heterocycles. The summed E-state index contributed by atoms with van der Waals surface area (Å²) in [6.45, 7) is 5.67. The minimum Gasteiger partial charge on any atom is -0.486 e. The second-order valence-electron chi connectivity index (χ2n) is 6.78. The molecule has 1 unspecified atom stereocenters. The van der Waals surface area contributed by atoms with Gasteiger partial charge in [0.15, 0.2) is 11.6 Å². The molecule has 2 aromatic carbocycles. The first kappa shape index (κ1) is 19.7. The van der Waals surface area contributed by atoms with Crippen LogP contribution in [-0.4, -0.2) is 22.7 Å². The maximum absolute atomic E-state index is 12.8. The van der Waals surface area contributed by atoms with Crippen molar-refractivity contribution in [2.45, 2.75) is 32.4 Å². The van der Waals surface area contributed by atoms with Gasteiger partial charge in [0.05, 0.1) is 18.6 Å². The Bertz CT molecular complexity index is 948. The maximum atomic E-state index is 12.8. The molecule has 3 rings (SSSR count). The summed E-state index contributed by atoms with van der Waals surface area (Å²) in [5.41, 5.74) is 2.11. The summed E-state index contributed by atoms with van der Waals surface area (Å²) in [5.74, 6) is 1.29. The van der Waals surface area contributed by atoms with E-state index in [-0.39, 0.29) is 0 Å². The van der Waals surface area contributed by atoms with E-state index in [0.717, 1.165) is 34.7 Å². The van der Waals surface area contributed by atoms with E-state index in [1.807, 2.05) is 6.07 Å². The number of fused-ring (bicyclic) bond motifs is 1. The van der Waals surface area contributed by atoms with E-state index in [2.05, 4.69) is 59.0 Å². The van der Waals surface area contributed by atoms with Crippen molar-refractivity contribution in [1.29, 1.82) is 0 Å². The van der Waals surface area contributed by atoms with Crippen LogP contribution in [0.3, 0.4) is 0 Å². The Balaban J connectivity index is 1.70. The van der Waals surface area contributed by atoms with Gasteiger partial charge in [0, 0.05) is 5.56 Å². The molecule has 1 aromatic heterocycles. The Morgan fingerprint density at radius 2 is 1.86 bits per heavy atom. The maximum Gasteiger partial charge on any atom is 0.159 e. The number of ether oxygens (including phenoxy) is 1. The highest BCUT2D eigenvalue weighted by Crippen LogP contribution is 2.24. The molecule has 0 aliphatic rings. The van der Waals surface area contributed by atoms with Gasteiger partial charge in [-0.05, 0) is 54.7 Å². The van der Waals surface area contributed by atoms with Crippen LogP contribution in [0.15, 0.2) is 67.5 Å². The number of aromatic nitrogens is 2. The summed E-state index contributed by atoms with van der Waals surface area (Å²) in [6, 6.07) is 12.5. The Hall–Kier alpha value is -3.01. The van der Waals surface area contributed by atoms with E-state index in [4.69, 9.17) is 4.74 Å². The van der Waals surface area contributed by atoms with Gasteiger partial charge >= 0.3 is 0 Å². The van der Waals surface area contributed by atoms with Crippen molar-refractivity contribution in [3.8, 4) is 17.1 Å². The minimum absolute atomic E-state index is 0.435. The van der Waals surface area contributed by atoms with Crippen LogP contribution in [0.2, 0.25) is 0 Å². The molecule has 0 N–H and O–H groups in total. The highest BCUT2D eigenvalue weighted by molar-refractivity contribution is 5.88. The van der Waals surface area contributed by atoms with Crippen LogP contribution in [0.4, 0.5) is 4.39 Å². The van der Waals surface area contributed by atoms with Gasteiger partial charge in [-0.3, -0.25) is 0 Å². The zero-order valence-electron chi connectivity index (χ0n) is 16.1. The molecule has 3 aromatic rings. The van der Waals surface area contributed by atoms with Gasteiger partial charge in [-0.1, -0.05) is 49.1 Å². The van der Waals surface area contributed by atoms with E-state index >= 15 is 0 Å². The summed E-state index contributed by atoms with van der Waals surface area (Å²) in [7, 11) is 0. The van der Waals surface area contributed by atoms with Crippen LogP contribution in [-0.2, 0) is 0 Å². The molecular weight excluding hydrogens is 351 g/mol. The molecule has 0 saturated carbocycles. The second-order valence-corrected chi connectivity index (χ2v) is 6.78. The molecule has 0 aliphatic carbocycles. The Labute approximate surface area is 165 Å². The lowest BCUT2D eigenvalue weighted by molar-refractivity contribution is 0.335. The lowest BCUT2D eigenvalue weighted by atomic mass is 10.0. The third-order valence-electron chi connectivity index (χ3n) is 4.40. The van der Waals surface area contributed by atoms with Crippen LogP contribution >= 0.6 is 0 Å². The average molecular weight is 376 g/mol. The van der Waals surface area contributed by atoms with E-state index in [0.29, 0.717) is 24.6 Å². The van der Waals surface area contributed by atoms with E-state index in [1.54, 1.807) is 25.4 Å². The largest absolute Gasteiger partial charge is 0.486 e. The lowest BCUT2D eigenvalue weighted by Gasteiger charge is -2.06. The number of alkyl halides is 1. The van der Waals surface area contributed by atoms with Crippen molar-refractivity contribution < 1.29 is 9.13 Å². The minimum atomic E-state index is -0.719. The van der Waals surface area contributed by atoms with Crippen LogP contribution in [0.1, 0.15) is 31.7 Å². The van der Waals surface area contributed by atoms with Crippen molar-refractivity contribution >= 4 is 16.8 Å². The van der Waals surface area contributed by atoms with E-state index < -0.39 is 6.17 Å². The van der Waals surface area contributed by atoms with Gasteiger partial charge in [-0.2, -0.15) is 0 Å². The lowest BCUT2D eigenvalue weighted by Crippen LogP contribution is -1.95. The molecule has 28 heavy (non-hydrogen) atoms. The smallest absolute Gasteiger partial charge is 0.159 e. The normalized spacial score (nSPS) is 12.4. The molecule has 1 atom stereocenters. The monoisotopic (exact) mass is 376 g/mol. The first-order valence-corrected chi connectivity index (χ1v) is 9.56. The standard InChI is InChI=1S/C24H25FN2O/c1-3-13-28-23-16-26-24(27-17-23)22-12-11-20-14-19(9-10-21(20)15-22)8-6-4-5-7-18(2)25/h3,6,8-12,14-18H,1,4-5,7,13H2,2H3/b8-6+. The molecule has 0 bridgehead atoms. The van der Waals surface area contributed by atoms with Crippen molar-refractivity contribution in [2.75, 3.05) is 6.61 Å². The molecule has 0 amide bonds. The van der Waals surface area contributed by atoms with Gasteiger partial charge in [0.1, 0.15) is 6.61 Å².